The van der Waals surface area contributed by atoms with Crippen LogP contribution in [-0.2, 0) is 0 Å². The number of nitrogens with zero attached hydrogens (tertiary/aromatic N) is 3. The zero-order valence-electron chi connectivity index (χ0n) is 17.0. The Morgan fingerprint density at radius 2 is 1.71 bits per heavy atom. The highest BCUT2D eigenvalue weighted by Crippen LogP contribution is 2.20. The number of aromatic nitrogens is 2. The van der Waals surface area contributed by atoms with Crippen LogP contribution < -0.4 is 10.3 Å². The van der Waals surface area contributed by atoms with Gasteiger partial charge in [0.15, 0.2) is 0 Å². The molecule has 0 radical (unpaired) electrons. The molecule has 0 aliphatic heterocycles. The Kier molecular flexibility index (Phi) is 5.32. The van der Waals surface area contributed by atoms with Crippen LogP contribution in [0.15, 0.2) is 71.5 Å². The van der Waals surface area contributed by atoms with E-state index in [4.69, 9.17) is 4.74 Å². The van der Waals surface area contributed by atoms with Crippen LogP contribution in [0.4, 0.5) is 5.69 Å². The van der Waals surface area contributed by atoms with E-state index in [0.717, 1.165) is 16.9 Å². The minimum atomic E-state index is -0.521. The lowest BCUT2D eigenvalue weighted by atomic mass is 10.1. The summed E-state index contributed by atoms with van der Waals surface area (Å²) < 4.78 is 6.64. The van der Waals surface area contributed by atoms with Crippen molar-refractivity contribution >= 4 is 28.7 Å². The molecule has 7 nitrogen and oxygen atoms in total. The van der Waals surface area contributed by atoms with E-state index in [-0.39, 0.29) is 16.6 Å². The molecule has 0 unspecified atom stereocenters. The highest BCUT2D eigenvalue weighted by atomic mass is 16.6. The van der Waals surface area contributed by atoms with Gasteiger partial charge in [0.2, 0.25) is 0 Å². The molecule has 0 aliphatic carbocycles. The Hall–Kier alpha value is -4.26. The van der Waals surface area contributed by atoms with E-state index < -0.39 is 4.92 Å². The summed E-state index contributed by atoms with van der Waals surface area (Å²) >= 11 is 0. The van der Waals surface area contributed by atoms with E-state index in [2.05, 4.69) is 4.98 Å². The van der Waals surface area contributed by atoms with Gasteiger partial charge in [0.25, 0.3) is 11.2 Å². The van der Waals surface area contributed by atoms with E-state index in [0.29, 0.717) is 17.0 Å². The number of rotatable bonds is 5. The largest absolute Gasteiger partial charge is 0.497 e. The summed E-state index contributed by atoms with van der Waals surface area (Å²) in [4.78, 5) is 28.6. The molecule has 0 N–H and O–H groups in total. The molecule has 0 saturated carbocycles. The van der Waals surface area contributed by atoms with Crippen molar-refractivity contribution in [2.45, 2.75) is 6.92 Å². The van der Waals surface area contributed by atoms with E-state index in [9.17, 15) is 14.9 Å². The minimum absolute atomic E-state index is 0.150. The fourth-order valence-electron chi connectivity index (χ4n) is 3.25. The van der Waals surface area contributed by atoms with Gasteiger partial charge in [-0.2, -0.15) is 0 Å². The second-order valence-electron chi connectivity index (χ2n) is 7.01. The van der Waals surface area contributed by atoms with Gasteiger partial charge in [-0.15, -0.1) is 0 Å². The minimum Gasteiger partial charge on any atom is -0.497 e. The van der Waals surface area contributed by atoms with Crippen molar-refractivity contribution < 1.29 is 9.66 Å². The number of benzene rings is 3. The molecule has 31 heavy (non-hydrogen) atoms. The van der Waals surface area contributed by atoms with Gasteiger partial charge in [0.05, 0.1) is 28.6 Å². The van der Waals surface area contributed by atoms with Crippen molar-refractivity contribution in [3.05, 3.63) is 104 Å². The summed E-state index contributed by atoms with van der Waals surface area (Å²) in [6, 6.07) is 19.1. The first-order chi connectivity index (χ1) is 15.0. The third-order valence-electron chi connectivity index (χ3n) is 4.92. The second-order valence-corrected chi connectivity index (χ2v) is 7.01. The van der Waals surface area contributed by atoms with Gasteiger partial charge in [-0.25, -0.2) is 4.98 Å². The van der Waals surface area contributed by atoms with Gasteiger partial charge < -0.3 is 4.74 Å². The van der Waals surface area contributed by atoms with Crippen molar-refractivity contribution in [1.82, 2.24) is 9.55 Å². The lowest BCUT2D eigenvalue weighted by molar-refractivity contribution is -0.384. The highest BCUT2D eigenvalue weighted by Gasteiger charge is 2.15. The van der Waals surface area contributed by atoms with E-state index in [1.54, 1.807) is 13.2 Å². The van der Waals surface area contributed by atoms with Crippen molar-refractivity contribution in [2.75, 3.05) is 7.11 Å². The first-order valence-electron chi connectivity index (χ1n) is 9.56. The van der Waals surface area contributed by atoms with Gasteiger partial charge in [0, 0.05) is 12.1 Å². The van der Waals surface area contributed by atoms with Crippen LogP contribution in [0.1, 0.15) is 17.0 Å². The molecule has 1 heterocycles. The number of ether oxygens (including phenoxy) is 1. The molecule has 0 aliphatic rings. The van der Waals surface area contributed by atoms with Gasteiger partial charge in [-0.1, -0.05) is 35.9 Å². The Bertz CT molecular complexity index is 1350. The maximum absolute atomic E-state index is 13.4. The van der Waals surface area contributed by atoms with Crippen LogP contribution in [-0.4, -0.2) is 21.6 Å². The highest BCUT2D eigenvalue weighted by molar-refractivity contribution is 5.82. The molecule has 0 bridgehead atoms. The third-order valence-corrected chi connectivity index (χ3v) is 4.92. The van der Waals surface area contributed by atoms with Crippen LogP contribution in [0.3, 0.4) is 0 Å². The van der Waals surface area contributed by atoms with E-state index in [1.165, 1.54) is 22.8 Å². The average Bonchev–Trinajstić information content (AvgIpc) is 2.78. The standard InChI is InChI=1S/C24H19N3O4/c1-16-3-8-18(9-4-16)26-23(14-7-17-5-11-20(31-2)12-6-17)25-22-13-10-19(27(29)30)15-21(22)24(26)28/h3-15H,1-2H3. The van der Waals surface area contributed by atoms with E-state index in [1.807, 2.05) is 61.5 Å². The molecule has 0 atom stereocenters. The molecule has 3 aromatic carbocycles. The number of methoxy groups -OCH3 is 1. The van der Waals surface area contributed by atoms with Crippen LogP contribution in [0, 0.1) is 17.0 Å². The number of fused-ring (bicyclic) bond motifs is 1. The first kappa shape index (κ1) is 20.0. The summed E-state index contributed by atoms with van der Waals surface area (Å²) in [7, 11) is 1.61. The summed E-state index contributed by atoms with van der Waals surface area (Å²) in [5.74, 6) is 1.17. The number of hydrogen-bond donors (Lipinski definition) is 0. The summed E-state index contributed by atoms with van der Waals surface area (Å²) in [5.41, 5.74) is 2.47. The van der Waals surface area contributed by atoms with Crippen LogP contribution in [0.5, 0.6) is 5.75 Å². The Labute approximate surface area is 178 Å². The van der Waals surface area contributed by atoms with Gasteiger partial charge in [-0.05, 0) is 48.9 Å². The van der Waals surface area contributed by atoms with Crippen molar-refractivity contribution in [1.29, 1.82) is 0 Å². The number of nitro groups is 1. The average molecular weight is 413 g/mol. The Balaban J connectivity index is 1.91. The van der Waals surface area contributed by atoms with Crippen LogP contribution in [0.2, 0.25) is 0 Å². The zero-order valence-corrected chi connectivity index (χ0v) is 17.0. The Morgan fingerprint density at radius 1 is 1.00 bits per heavy atom. The summed E-state index contributed by atoms with van der Waals surface area (Å²) in [5, 5.41) is 11.4. The molecule has 154 valence electrons. The normalized spacial score (nSPS) is 11.2. The van der Waals surface area contributed by atoms with Crippen LogP contribution in [0.25, 0.3) is 28.7 Å². The maximum atomic E-state index is 13.4. The molecule has 0 saturated heterocycles. The molecule has 0 spiro atoms. The second kappa shape index (κ2) is 8.23. The number of hydrogen-bond acceptors (Lipinski definition) is 5. The quantitative estimate of drug-likeness (QED) is 0.347. The fourth-order valence-corrected chi connectivity index (χ4v) is 3.25. The topological polar surface area (TPSA) is 87.3 Å². The van der Waals surface area contributed by atoms with Crippen molar-refractivity contribution in [3.8, 4) is 11.4 Å². The van der Waals surface area contributed by atoms with Crippen molar-refractivity contribution in [3.63, 3.8) is 0 Å². The molecule has 7 heteroatoms. The predicted octanol–water partition coefficient (Wildman–Crippen LogP) is 4.78. The molecule has 1 aromatic heterocycles. The molecular weight excluding hydrogens is 394 g/mol. The Morgan fingerprint density at radius 3 is 2.35 bits per heavy atom. The van der Waals surface area contributed by atoms with Crippen molar-refractivity contribution in [2.24, 2.45) is 0 Å². The molecule has 4 rings (SSSR count). The van der Waals surface area contributed by atoms with Gasteiger partial charge in [-0.3, -0.25) is 19.5 Å². The molecular formula is C24H19N3O4. The van der Waals surface area contributed by atoms with E-state index >= 15 is 0 Å². The smallest absolute Gasteiger partial charge is 0.270 e. The molecule has 0 fully saturated rings. The van der Waals surface area contributed by atoms with Gasteiger partial charge >= 0.3 is 0 Å². The SMILES string of the molecule is COc1ccc(C=Cc2nc3ccc([N+](=O)[O-])cc3c(=O)n2-c2ccc(C)cc2)cc1. The monoisotopic (exact) mass is 413 g/mol. The number of aryl methyl sites for hydroxylation is 1. The lowest BCUT2D eigenvalue weighted by Crippen LogP contribution is -2.22. The predicted molar refractivity (Wildman–Crippen MR) is 121 cm³/mol. The summed E-state index contributed by atoms with van der Waals surface area (Å²) in [6.07, 6.45) is 3.60. The fraction of sp³-hybridized carbons (Fsp3) is 0.0833. The van der Waals surface area contributed by atoms with Gasteiger partial charge in [0.1, 0.15) is 11.6 Å². The maximum Gasteiger partial charge on any atom is 0.270 e. The summed E-state index contributed by atoms with van der Waals surface area (Å²) in [6.45, 7) is 1.96. The number of nitro benzene ring substituents is 1. The lowest BCUT2D eigenvalue weighted by Gasteiger charge is -2.12. The molecule has 0 amide bonds. The first-order valence-corrected chi connectivity index (χ1v) is 9.56. The number of non-ortho nitro benzene ring substituents is 1. The van der Waals surface area contributed by atoms with Crippen LogP contribution >= 0.6 is 0 Å². The third kappa shape index (κ3) is 4.06. The zero-order chi connectivity index (χ0) is 22.0. The molecule has 4 aromatic rings.